The summed E-state index contributed by atoms with van der Waals surface area (Å²) in [7, 11) is 1.70. The highest BCUT2D eigenvalue weighted by Gasteiger charge is 2.24. The van der Waals surface area contributed by atoms with Crippen molar-refractivity contribution in [2.75, 3.05) is 51.3 Å². The summed E-state index contributed by atoms with van der Waals surface area (Å²) < 4.78 is 5.42. The lowest BCUT2D eigenvalue weighted by Gasteiger charge is -2.36. The Hall–Kier alpha value is -1.75. The van der Waals surface area contributed by atoms with Crippen LogP contribution in [0.1, 0.15) is 12.8 Å². The topological polar surface area (TPSA) is 44.8 Å². The van der Waals surface area contributed by atoms with Crippen molar-refractivity contribution < 1.29 is 9.53 Å². The Morgan fingerprint density at radius 1 is 1.23 bits per heavy atom. The van der Waals surface area contributed by atoms with E-state index in [1.54, 1.807) is 7.11 Å². The quantitative estimate of drug-likeness (QED) is 0.861. The maximum atomic E-state index is 12.2. The van der Waals surface area contributed by atoms with Gasteiger partial charge in [0.15, 0.2) is 0 Å². The molecule has 1 aromatic carbocycles. The van der Waals surface area contributed by atoms with Gasteiger partial charge < -0.3 is 19.9 Å². The van der Waals surface area contributed by atoms with E-state index in [9.17, 15) is 4.79 Å². The Morgan fingerprint density at radius 2 is 1.95 bits per heavy atom. The Bertz CT molecular complexity index is 508. The summed E-state index contributed by atoms with van der Waals surface area (Å²) in [4.78, 5) is 16.4. The number of para-hydroxylation sites is 2. The molecule has 1 N–H and O–H groups in total. The molecule has 0 atom stereocenters. The highest BCUT2D eigenvalue weighted by atomic mass is 16.5. The first kappa shape index (κ1) is 15.2. The average Bonchev–Trinajstić information content (AvgIpc) is 3.39. The summed E-state index contributed by atoms with van der Waals surface area (Å²) in [5.41, 5.74) is 1.11. The number of hydrogen-bond acceptors (Lipinski definition) is 4. The number of carbonyl (C=O) groups excluding carboxylic acids is 1. The third-order valence-corrected chi connectivity index (χ3v) is 4.46. The third-order valence-electron chi connectivity index (χ3n) is 4.46. The molecule has 1 aromatic rings. The summed E-state index contributed by atoms with van der Waals surface area (Å²) in [6, 6.07) is 8.06. The number of piperazine rings is 1. The zero-order valence-electron chi connectivity index (χ0n) is 13.3. The van der Waals surface area contributed by atoms with Gasteiger partial charge in [-0.3, -0.25) is 4.79 Å². The molecule has 2 aliphatic rings. The summed E-state index contributed by atoms with van der Waals surface area (Å²) in [6.45, 7) is 4.74. The van der Waals surface area contributed by atoms with Crippen molar-refractivity contribution in [2.45, 2.75) is 12.8 Å². The minimum atomic E-state index is 0.223. The first-order valence-corrected chi connectivity index (χ1v) is 8.14. The zero-order valence-corrected chi connectivity index (χ0v) is 13.3. The van der Waals surface area contributed by atoms with E-state index in [1.807, 2.05) is 23.1 Å². The molecular weight excluding hydrogens is 278 g/mol. The van der Waals surface area contributed by atoms with Crippen molar-refractivity contribution in [3.05, 3.63) is 24.3 Å². The van der Waals surface area contributed by atoms with E-state index < -0.39 is 0 Å². The largest absolute Gasteiger partial charge is 0.495 e. The fourth-order valence-corrected chi connectivity index (χ4v) is 2.90. The molecule has 5 heteroatoms. The van der Waals surface area contributed by atoms with Crippen LogP contribution in [0, 0.1) is 5.92 Å². The molecule has 0 aromatic heterocycles. The van der Waals surface area contributed by atoms with Gasteiger partial charge in [0.05, 0.1) is 19.3 Å². The van der Waals surface area contributed by atoms with E-state index in [-0.39, 0.29) is 5.91 Å². The molecule has 0 radical (unpaired) electrons. The molecule has 2 fully saturated rings. The first-order valence-electron chi connectivity index (χ1n) is 8.14. The van der Waals surface area contributed by atoms with E-state index in [0.717, 1.165) is 50.1 Å². The predicted octanol–water partition coefficient (Wildman–Crippen LogP) is 1.34. The number of benzene rings is 1. The van der Waals surface area contributed by atoms with Gasteiger partial charge in [0.25, 0.3) is 0 Å². The molecule has 3 rings (SSSR count). The van der Waals surface area contributed by atoms with Gasteiger partial charge >= 0.3 is 0 Å². The van der Waals surface area contributed by atoms with Gasteiger partial charge in [-0.25, -0.2) is 0 Å². The summed E-state index contributed by atoms with van der Waals surface area (Å²) >= 11 is 0. The summed E-state index contributed by atoms with van der Waals surface area (Å²) in [6.07, 6.45) is 2.64. The van der Waals surface area contributed by atoms with Gasteiger partial charge in [-0.1, -0.05) is 12.1 Å². The number of anilines is 1. The van der Waals surface area contributed by atoms with Crippen LogP contribution in [-0.2, 0) is 4.79 Å². The predicted molar refractivity (Wildman–Crippen MR) is 87.4 cm³/mol. The molecule has 1 saturated carbocycles. The van der Waals surface area contributed by atoms with Crippen LogP contribution in [0.4, 0.5) is 5.69 Å². The summed E-state index contributed by atoms with van der Waals surface area (Å²) in [5.74, 6) is 1.93. The fourth-order valence-electron chi connectivity index (χ4n) is 2.90. The van der Waals surface area contributed by atoms with Crippen molar-refractivity contribution in [3.8, 4) is 5.75 Å². The molecule has 0 unspecified atom stereocenters. The molecular formula is C17H25N3O2. The number of carbonyl (C=O) groups is 1. The van der Waals surface area contributed by atoms with Crippen molar-refractivity contribution in [2.24, 2.45) is 5.92 Å². The molecule has 1 saturated heterocycles. The lowest BCUT2D eigenvalue weighted by molar-refractivity contribution is -0.130. The number of methoxy groups -OCH3 is 1. The highest BCUT2D eigenvalue weighted by molar-refractivity contribution is 5.78. The van der Waals surface area contributed by atoms with Crippen molar-refractivity contribution in [1.29, 1.82) is 0 Å². The Kier molecular flexibility index (Phi) is 4.83. The molecule has 1 amide bonds. The lowest BCUT2D eigenvalue weighted by Crippen LogP contribution is -2.51. The van der Waals surface area contributed by atoms with Crippen molar-refractivity contribution in [1.82, 2.24) is 10.2 Å². The molecule has 0 bridgehead atoms. The van der Waals surface area contributed by atoms with Crippen LogP contribution >= 0.6 is 0 Å². The Morgan fingerprint density at radius 3 is 2.64 bits per heavy atom. The van der Waals surface area contributed by atoms with Crippen LogP contribution in [0.2, 0.25) is 0 Å². The van der Waals surface area contributed by atoms with Gasteiger partial charge in [-0.15, -0.1) is 0 Å². The van der Waals surface area contributed by atoms with Crippen LogP contribution in [0.3, 0.4) is 0 Å². The van der Waals surface area contributed by atoms with Gasteiger partial charge in [0.1, 0.15) is 5.75 Å². The molecule has 1 aliphatic carbocycles. The molecule has 5 nitrogen and oxygen atoms in total. The number of nitrogens with zero attached hydrogens (tertiary/aromatic N) is 2. The monoisotopic (exact) mass is 303 g/mol. The molecule has 22 heavy (non-hydrogen) atoms. The number of rotatable bonds is 6. The van der Waals surface area contributed by atoms with E-state index in [1.165, 1.54) is 12.8 Å². The number of hydrogen-bond donors (Lipinski definition) is 1. The van der Waals surface area contributed by atoms with Gasteiger partial charge in [-0.05, 0) is 37.4 Å². The second kappa shape index (κ2) is 7.01. The van der Waals surface area contributed by atoms with Crippen LogP contribution < -0.4 is 15.0 Å². The van der Waals surface area contributed by atoms with Crippen molar-refractivity contribution >= 4 is 11.6 Å². The second-order valence-corrected chi connectivity index (χ2v) is 6.11. The number of amides is 1. The normalized spacial score (nSPS) is 18.4. The molecule has 1 aliphatic heterocycles. The van der Waals surface area contributed by atoms with E-state index >= 15 is 0 Å². The first-order chi connectivity index (χ1) is 10.8. The number of ether oxygens (including phenoxy) is 1. The maximum Gasteiger partial charge on any atom is 0.236 e. The minimum absolute atomic E-state index is 0.223. The average molecular weight is 303 g/mol. The van der Waals surface area contributed by atoms with Crippen LogP contribution in [0.15, 0.2) is 24.3 Å². The van der Waals surface area contributed by atoms with Crippen LogP contribution in [0.5, 0.6) is 5.75 Å². The van der Waals surface area contributed by atoms with E-state index in [4.69, 9.17) is 4.74 Å². The van der Waals surface area contributed by atoms with Gasteiger partial charge in [-0.2, -0.15) is 0 Å². The standard InChI is InChI=1S/C17H25N3O2/c1-22-16-5-3-2-4-15(16)19-8-10-20(11-9-19)17(21)13-18-12-14-6-7-14/h2-5,14,18H,6-13H2,1H3. The maximum absolute atomic E-state index is 12.2. The van der Waals surface area contributed by atoms with Crippen LogP contribution in [0.25, 0.3) is 0 Å². The minimum Gasteiger partial charge on any atom is -0.495 e. The van der Waals surface area contributed by atoms with E-state index in [2.05, 4.69) is 16.3 Å². The highest BCUT2D eigenvalue weighted by Crippen LogP contribution is 2.28. The summed E-state index contributed by atoms with van der Waals surface area (Å²) in [5, 5.41) is 3.28. The Labute approximate surface area is 132 Å². The lowest BCUT2D eigenvalue weighted by atomic mass is 10.2. The van der Waals surface area contributed by atoms with E-state index in [0.29, 0.717) is 6.54 Å². The van der Waals surface area contributed by atoms with Crippen LogP contribution in [-0.4, -0.2) is 57.2 Å². The SMILES string of the molecule is COc1ccccc1N1CCN(C(=O)CNCC2CC2)CC1. The molecule has 0 spiro atoms. The zero-order chi connectivity index (χ0) is 15.4. The Balaban J connectivity index is 1.47. The molecule has 120 valence electrons. The number of nitrogens with one attached hydrogen (secondary N) is 1. The molecule has 1 heterocycles. The second-order valence-electron chi connectivity index (χ2n) is 6.11. The van der Waals surface area contributed by atoms with Gasteiger partial charge in [0.2, 0.25) is 5.91 Å². The van der Waals surface area contributed by atoms with Gasteiger partial charge in [0, 0.05) is 26.2 Å². The smallest absolute Gasteiger partial charge is 0.236 e. The fraction of sp³-hybridized carbons (Fsp3) is 0.588. The van der Waals surface area contributed by atoms with Crippen molar-refractivity contribution in [3.63, 3.8) is 0 Å². The third kappa shape index (κ3) is 3.71.